The maximum atomic E-state index is 12.5. The molecule has 0 atom stereocenters. The number of hydroxylamine groups is 1. The van der Waals surface area contributed by atoms with E-state index < -0.39 is 5.91 Å². The Balaban J connectivity index is 1.77. The van der Waals surface area contributed by atoms with Gasteiger partial charge in [0.2, 0.25) is 5.91 Å². The molecule has 0 aliphatic heterocycles. The zero-order valence-electron chi connectivity index (χ0n) is 17.9. The zero-order chi connectivity index (χ0) is 22.8. The first-order chi connectivity index (χ1) is 15.6. The van der Waals surface area contributed by atoms with Gasteiger partial charge in [0.05, 0.1) is 13.2 Å². The van der Waals surface area contributed by atoms with Crippen LogP contribution in [-0.2, 0) is 16.1 Å². The quantitative estimate of drug-likeness (QED) is 0.215. The highest BCUT2D eigenvalue weighted by atomic mass is 16.5. The molecule has 2 amide bonds. The van der Waals surface area contributed by atoms with Crippen LogP contribution in [0.25, 0.3) is 11.1 Å². The van der Waals surface area contributed by atoms with Crippen molar-refractivity contribution in [1.82, 2.24) is 5.48 Å². The van der Waals surface area contributed by atoms with Crippen LogP contribution in [0.2, 0.25) is 0 Å². The van der Waals surface area contributed by atoms with Crippen molar-refractivity contribution in [2.24, 2.45) is 0 Å². The molecule has 3 aromatic carbocycles. The molecule has 0 aliphatic carbocycles. The summed E-state index contributed by atoms with van der Waals surface area (Å²) in [4.78, 5) is 24.1. The summed E-state index contributed by atoms with van der Waals surface area (Å²) in [5.41, 5.74) is 6.18. The lowest BCUT2D eigenvalue weighted by Crippen LogP contribution is -2.21. The third-order valence-corrected chi connectivity index (χ3v) is 4.70. The predicted molar refractivity (Wildman–Crippen MR) is 125 cm³/mol. The van der Waals surface area contributed by atoms with Crippen molar-refractivity contribution in [3.05, 3.63) is 83.9 Å². The first-order valence-corrected chi connectivity index (χ1v) is 10.4. The topological polar surface area (TPSA) is 99.7 Å². The molecule has 0 fully saturated rings. The molecule has 0 aromatic heterocycles. The van der Waals surface area contributed by atoms with E-state index in [4.69, 9.17) is 9.94 Å². The summed E-state index contributed by atoms with van der Waals surface area (Å²) >= 11 is 0. The smallest absolute Gasteiger partial charge is 0.274 e. The normalized spacial score (nSPS) is 10.4. The van der Waals surface area contributed by atoms with Gasteiger partial charge in [-0.2, -0.15) is 0 Å². The Kier molecular flexibility index (Phi) is 8.36. The molecular weight excluding hydrogens is 406 g/mol. The third-order valence-electron chi connectivity index (χ3n) is 4.70. The van der Waals surface area contributed by atoms with Gasteiger partial charge in [0.15, 0.2) is 0 Å². The Labute approximate surface area is 187 Å². The highest BCUT2D eigenvalue weighted by Crippen LogP contribution is 2.26. The van der Waals surface area contributed by atoms with Gasteiger partial charge >= 0.3 is 0 Å². The first-order valence-electron chi connectivity index (χ1n) is 10.4. The Morgan fingerprint density at radius 2 is 1.66 bits per heavy atom. The summed E-state index contributed by atoms with van der Waals surface area (Å²) in [5, 5.41) is 14.8. The Morgan fingerprint density at radius 1 is 0.906 bits per heavy atom. The first kappa shape index (κ1) is 23.0. The van der Waals surface area contributed by atoms with E-state index in [9.17, 15) is 9.59 Å². The number of benzene rings is 3. The molecule has 7 nitrogen and oxygen atoms in total. The van der Waals surface area contributed by atoms with Crippen molar-refractivity contribution in [2.75, 3.05) is 23.8 Å². The number of rotatable bonds is 10. The summed E-state index contributed by atoms with van der Waals surface area (Å²) in [6, 6.07) is 22.1. The molecular formula is C25H27N3O4. The van der Waals surface area contributed by atoms with Gasteiger partial charge in [-0.15, -0.1) is 0 Å². The molecule has 4 N–H and O–H groups in total. The van der Waals surface area contributed by atoms with Crippen LogP contribution in [0.15, 0.2) is 72.8 Å². The summed E-state index contributed by atoms with van der Waals surface area (Å²) in [5.74, 6) is -0.737. The maximum absolute atomic E-state index is 12.5. The van der Waals surface area contributed by atoms with Crippen LogP contribution >= 0.6 is 0 Å². The highest BCUT2D eigenvalue weighted by Gasteiger charge is 2.09. The Hall–Kier alpha value is -3.68. The van der Waals surface area contributed by atoms with Crippen LogP contribution in [0, 0.1) is 0 Å². The molecule has 0 saturated carbocycles. The molecule has 7 heteroatoms. The minimum atomic E-state index is -0.572. The number of hydrogen-bond donors (Lipinski definition) is 4. The van der Waals surface area contributed by atoms with Crippen molar-refractivity contribution in [3.8, 4) is 11.1 Å². The van der Waals surface area contributed by atoms with Crippen LogP contribution in [0.5, 0.6) is 0 Å². The van der Waals surface area contributed by atoms with Crippen molar-refractivity contribution in [2.45, 2.75) is 20.0 Å². The summed E-state index contributed by atoms with van der Waals surface area (Å²) in [6.45, 7) is 3.27. The highest BCUT2D eigenvalue weighted by molar-refractivity contribution is 5.95. The van der Waals surface area contributed by atoms with E-state index in [2.05, 4.69) is 10.6 Å². The van der Waals surface area contributed by atoms with E-state index in [1.807, 2.05) is 55.5 Å². The van der Waals surface area contributed by atoms with Gasteiger partial charge in [-0.05, 0) is 65.6 Å². The van der Waals surface area contributed by atoms with Gasteiger partial charge < -0.3 is 15.4 Å². The van der Waals surface area contributed by atoms with Gasteiger partial charge in [0.25, 0.3) is 5.91 Å². The molecule has 0 heterocycles. The lowest BCUT2D eigenvalue weighted by atomic mass is 10.0. The van der Waals surface area contributed by atoms with Gasteiger partial charge in [-0.3, -0.25) is 14.8 Å². The fourth-order valence-electron chi connectivity index (χ4n) is 3.17. The van der Waals surface area contributed by atoms with Crippen LogP contribution < -0.4 is 16.1 Å². The number of anilines is 2. The standard InChI is InChI=1S/C25H27N3O4/c1-2-12-32-17-18-13-21(19-8-10-20(11-9-19)25(30)28-31)15-23(14-18)27-24(29)16-26-22-6-4-3-5-7-22/h3-11,13-15,26,31H,2,12,16-17H2,1H3,(H,27,29)(H,28,30). The minimum absolute atomic E-state index is 0.140. The van der Waals surface area contributed by atoms with Gasteiger partial charge in [-0.1, -0.05) is 37.3 Å². The van der Waals surface area contributed by atoms with E-state index in [0.717, 1.165) is 28.8 Å². The van der Waals surface area contributed by atoms with Crippen LogP contribution in [0.4, 0.5) is 11.4 Å². The average molecular weight is 434 g/mol. The number of para-hydroxylation sites is 1. The van der Waals surface area contributed by atoms with E-state index in [-0.39, 0.29) is 12.5 Å². The van der Waals surface area contributed by atoms with Crippen molar-refractivity contribution in [1.29, 1.82) is 0 Å². The summed E-state index contributed by atoms with van der Waals surface area (Å²) in [6.07, 6.45) is 0.919. The largest absolute Gasteiger partial charge is 0.377 e. The Morgan fingerprint density at radius 3 is 2.34 bits per heavy atom. The fourth-order valence-corrected chi connectivity index (χ4v) is 3.17. The zero-order valence-corrected chi connectivity index (χ0v) is 17.9. The third kappa shape index (κ3) is 6.66. The molecule has 0 saturated heterocycles. The molecule has 32 heavy (non-hydrogen) atoms. The maximum Gasteiger partial charge on any atom is 0.274 e. The average Bonchev–Trinajstić information content (AvgIpc) is 2.83. The molecule has 166 valence electrons. The van der Waals surface area contributed by atoms with Gasteiger partial charge in [0.1, 0.15) is 0 Å². The van der Waals surface area contributed by atoms with Crippen LogP contribution in [0.1, 0.15) is 29.3 Å². The molecule has 0 spiro atoms. The van der Waals surface area contributed by atoms with Crippen molar-refractivity contribution >= 4 is 23.2 Å². The number of amides is 2. The van der Waals surface area contributed by atoms with Crippen LogP contribution in [-0.4, -0.2) is 30.2 Å². The molecule has 0 aliphatic rings. The second kappa shape index (κ2) is 11.6. The van der Waals surface area contributed by atoms with E-state index >= 15 is 0 Å². The fraction of sp³-hybridized carbons (Fsp3) is 0.200. The molecule has 0 unspecified atom stereocenters. The summed E-state index contributed by atoms with van der Waals surface area (Å²) < 4.78 is 5.68. The summed E-state index contributed by atoms with van der Waals surface area (Å²) in [7, 11) is 0. The lowest BCUT2D eigenvalue weighted by molar-refractivity contribution is -0.114. The van der Waals surface area contributed by atoms with Crippen LogP contribution in [0.3, 0.4) is 0 Å². The van der Waals surface area contributed by atoms with Gasteiger partial charge in [-0.25, -0.2) is 5.48 Å². The molecule has 3 rings (SSSR count). The lowest BCUT2D eigenvalue weighted by Gasteiger charge is -2.13. The van der Waals surface area contributed by atoms with Crippen molar-refractivity contribution < 1.29 is 19.5 Å². The number of carbonyl (C=O) groups is 2. The minimum Gasteiger partial charge on any atom is -0.377 e. The SMILES string of the molecule is CCCOCc1cc(NC(=O)CNc2ccccc2)cc(-c2ccc(C(=O)NO)cc2)c1. The number of hydrogen-bond acceptors (Lipinski definition) is 5. The molecule has 3 aromatic rings. The predicted octanol–water partition coefficient (Wildman–Crippen LogP) is 4.45. The van der Waals surface area contributed by atoms with E-state index in [0.29, 0.717) is 24.5 Å². The number of ether oxygens (including phenoxy) is 1. The number of carbonyl (C=O) groups excluding carboxylic acids is 2. The van der Waals surface area contributed by atoms with Crippen molar-refractivity contribution in [3.63, 3.8) is 0 Å². The number of nitrogens with one attached hydrogen (secondary N) is 3. The monoisotopic (exact) mass is 433 g/mol. The second-order valence-electron chi connectivity index (χ2n) is 7.26. The van der Waals surface area contributed by atoms with Gasteiger partial charge in [0, 0.05) is 23.5 Å². The Bertz CT molecular complexity index is 1040. The second-order valence-corrected chi connectivity index (χ2v) is 7.26. The van der Waals surface area contributed by atoms with E-state index in [1.165, 1.54) is 0 Å². The molecule has 0 radical (unpaired) electrons. The van der Waals surface area contributed by atoms with E-state index in [1.54, 1.807) is 29.7 Å². The molecule has 0 bridgehead atoms.